The van der Waals surface area contributed by atoms with Crippen molar-refractivity contribution in [2.75, 3.05) is 0 Å². The minimum absolute atomic E-state index is 0.111. The lowest BCUT2D eigenvalue weighted by Crippen LogP contribution is -2.55. The number of hydrogen-bond acceptors (Lipinski definition) is 2. The number of fused-ring (bicyclic) bond motifs is 1. The Morgan fingerprint density at radius 1 is 1.20 bits per heavy atom. The molecular formula is C9H9BrN3O2+. The zero-order valence-electron chi connectivity index (χ0n) is 8.24. The molecule has 0 aliphatic heterocycles. The van der Waals surface area contributed by atoms with Crippen LogP contribution in [-0.4, -0.2) is 9.13 Å². The average Bonchev–Trinajstić information content (AvgIpc) is 2.43. The van der Waals surface area contributed by atoms with E-state index in [1.54, 1.807) is 26.2 Å². The molecule has 0 atom stereocenters. The van der Waals surface area contributed by atoms with Crippen LogP contribution in [0.25, 0.3) is 11.0 Å². The van der Waals surface area contributed by atoms with Crippen molar-refractivity contribution in [3.05, 3.63) is 32.0 Å². The van der Waals surface area contributed by atoms with E-state index < -0.39 is 0 Å². The van der Waals surface area contributed by atoms with Gasteiger partial charge in [-0.25, -0.2) is 4.79 Å². The van der Waals surface area contributed by atoms with Crippen LogP contribution in [0.5, 0.6) is 0 Å². The molecule has 0 aliphatic rings. The van der Waals surface area contributed by atoms with Crippen LogP contribution in [0.2, 0.25) is 0 Å². The minimum Gasteiger partial charge on any atom is -0.295 e. The molecule has 6 heteroatoms. The van der Waals surface area contributed by atoms with Crippen LogP contribution >= 0.6 is 15.9 Å². The van der Waals surface area contributed by atoms with E-state index in [0.717, 1.165) is 11.0 Å². The first-order chi connectivity index (χ1) is 7.06. The molecule has 1 N–H and O–H groups in total. The monoisotopic (exact) mass is 270 g/mol. The fraction of sp³-hybridized carbons (Fsp3) is 0.222. The number of nitrogens with zero attached hydrogens (tertiary/aromatic N) is 2. The normalized spacial score (nSPS) is 10.9. The maximum Gasteiger partial charge on any atom is 0.328 e. The van der Waals surface area contributed by atoms with Gasteiger partial charge in [-0.3, -0.25) is 9.13 Å². The fourth-order valence-corrected chi connectivity index (χ4v) is 2.01. The van der Waals surface area contributed by atoms with Crippen LogP contribution in [-0.2, 0) is 14.1 Å². The largest absolute Gasteiger partial charge is 0.328 e. The van der Waals surface area contributed by atoms with Crippen molar-refractivity contribution >= 4 is 32.7 Å². The molecule has 5 nitrogen and oxygen atoms in total. The Labute approximate surface area is 93.4 Å². The molecule has 0 unspecified atom stereocenters. The average molecular weight is 271 g/mol. The third-order valence-corrected chi connectivity index (χ3v) is 3.13. The van der Waals surface area contributed by atoms with Gasteiger partial charge in [-0.1, -0.05) is 0 Å². The number of nitrogens with one attached hydrogen (secondary N) is 1. The van der Waals surface area contributed by atoms with Gasteiger partial charge in [-0.05, 0) is 22.0 Å². The second kappa shape index (κ2) is 3.30. The maximum absolute atomic E-state index is 11.6. The zero-order valence-corrected chi connectivity index (χ0v) is 9.83. The lowest BCUT2D eigenvalue weighted by atomic mass is 10.3. The molecule has 0 aliphatic carbocycles. The molecule has 2 aromatic rings. The van der Waals surface area contributed by atoms with Crippen LogP contribution in [0, 0.1) is 4.91 Å². The Bertz CT molecular complexity index is 612. The van der Waals surface area contributed by atoms with E-state index in [9.17, 15) is 9.70 Å². The second-order valence-corrected chi connectivity index (χ2v) is 4.18. The van der Waals surface area contributed by atoms with Crippen LogP contribution < -0.4 is 10.9 Å². The molecule has 0 radical (unpaired) electrons. The first-order valence-electron chi connectivity index (χ1n) is 4.29. The van der Waals surface area contributed by atoms with Gasteiger partial charge in [-0.15, -0.1) is 0 Å². The molecule has 1 aromatic heterocycles. The van der Waals surface area contributed by atoms with Crippen molar-refractivity contribution in [2.45, 2.75) is 0 Å². The number of imidazole rings is 1. The van der Waals surface area contributed by atoms with Crippen molar-refractivity contribution in [3.63, 3.8) is 0 Å². The molecule has 1 heterocycles. The molecule has 2 rings (SSSR count). The fourth-order valence-electron chi connectivity index (χ4n) is 1.60. The lowest BCUT2D eigenvalue weighted by Gasteiger charge is -1.95. The van der Waals surface area contributed by atoms with Crippen molar-refractivity contribution in [1.29, 1.82) is 0 Å². The zero-order chi connectivity index (χ0) is 11.2. The van der Waals surface area contributed by atoms with Gasteiger partial charge in [-0.2, -0.15) is 0 Å². The molecule has 78 valence electrons. The number of halogens is 1. The molecule has 15 heavy (non-hydrogen) atoms. The van der Waals surface area contributed by atoms with Crippen molar-refractivity contribution in [3.8, 4) is 0 Å². The molecule has 0 amide bonds. The molecule has 0 spiro atoms. The molecule has 0 saturated heterocycles. The molecule has 0 fully saturated rings. The Kier molecular flexibility index (Phi) is 2.22. The highest BCUT2D eigenvalue weighted by atomic mass is 79.9. The van der Waals surface area contributed by atoms with Crippen LogP contribution in [0.4, 0.5) is 5.69 Å². The predicted molar refractivity (Wildman–Crippen MR) is 59.8 cm³/mol. The smallest absolute Gasteiger partial charge is 0.295 e. The van der Waals surface area contributed by atoms with E-state index >= 15 is 0 Å². The number of benzene rings is 1. The van der Waals surface area contributed by atoms with Crippen molar-refractivity contribution < 1.29 is 5.18 Å². The van der Waals surface area contributed by atoms with E-state index in [1.165, 1.54) is 9.13 Å². The molecular weight excluding hydrogens is 262 g/mol. The quantitative estimate of drug-likeness (QED) is 0.800. The van der Waals surface area contributed by atoms with Gasteiger partial charge in [0.15, 0.2) is 0 Å². The van der Waals surface area contributed by atoms with Gasteiger partial charge in [0.2, 0.25) is 0 Å². The third kappa shape index (κ3) is 1.32. The molecule has 1 aromatic carbocycles. The van der Waals surface area contributed by atoms with E-state index in [4.69, 9.17) is 0 Å². The van der Waals surface area contributed by atoms with Crippen LogP contribution in [0.15, 0.2) is 21.4 Å². The highest BCUT2D eigenvalue weighted by molar-refractivity contribution is 9.10. The van der Waals surface area contributed by atoms with E-state index in [0.29, 0.717) is 10.2 Å². The Balaban J connectivity index is 3.00. The Hall–Kier alpha value is -1.43. The summed E-state index contributed by atoms with van der Waals surface area (Å²) in [5, 5.41) is 1.82. The van der Waals surface area contributed by atoms with Gasteiger partial charge < -0.3 is 0 Å². The minimum atomic E-state index is -0.111. The van der Waals surface area contributed by atoms with E-state index in [-0.39, 0.29) is 5.69 Å². The van der Waals surface area contributed by atoms with Crippen LogP contribution in [0.1, 0.15) is 0 Å². The number of aryl methyl sites for hydroxylation is 2. The van der Waals surface area contributed by atoms with Gasteiger partial charge in [0.05, 0.1) is 15.5 Å². The number of aromatic nitrogens is 2. The highest BCUT2D eigenvalue weighted by Gasteiger charge is 2.14. The summed E-state index contributed by atoms with van der Waals surface area (Å²) in [5.41, 5.74) is 1.82. The SMILES string of the molecule is Cn1c(=O)n(C)c2cc([NH+]=O)c(Br)cc21. The third-order valence-electron chi connectivity index (χ3n) is 2.47. The summed E-state index contributed by atoms with van der Waals surface area (Å²) < 4.78 is 3.68. The summed E-state index contributed by atoms with van der Waals surface area (Å²) in [6.07, 6.45) is 0. The van der Waals surface area contributed by atoms with Crippen molar-refractivity contribution in [2.24, 2.45) is 14.1 Å². The summed E-state index contributed by atoms with van der Waals surface area (Å²) in [6.45, 7) is 0. The first-order valence-corrected chi connectivity index (χ1v) is 5.08. The van der Waals surface area contributed by atoms with E-state index in [2.05, 4.69) is 15.9 Å². The molecule has 0 saturated carbocycles. The summed E-state index contributed by atoms with van der Waals surface area (Å²) in [6, 6.07) is 3.39. The van der Waals surface area contributed by atoms with Crippen LogP contribution in [0.3, 0.4) is 0 Å². The number of hydrogen-bond donors (Lipinski definition) is 1. The van der Waals surface area contributed by atoms with Gasteiger partial charge >= 0.3 is 5.69 Å². The summed E-state index contributed by atoms with van der Waals surface area (Å²) in [4.78, 5) is 22.2. The van der Waals surface area contributed by atoms with Gasteiger partial charge in [0.25, 0.3) is 5.69 Å². The van der Waals surface area contributed by atoms with Gasteiger partial charge in [0.1, 0.15) is 0 Å². The summed E-state index contributed by atoms with van der Waals surface area (Å²) in [5.74, 6) is 0. The second-order valence-electron chi connectivity index (χ2n) is 3.32. The van der Waals surface area contributed by atoms with E-state index in [1.807, 2.05) is 5.18 Å². The number of nitroso groups, excluding NO2 is 1. The molecule has 0 bridgehead atoms. The lowest BCUT2D eigenvalue weighted by molar-refractivity contribution is -0.380. The summed E-state index contributed by atoms with van der Waals surface area (Å²) >= 11 is 3.26. The summed E-state index contributed by atoms with van der Waals surface area (Å²) in [7, 11) is 3.37. The standard InChI is InChI=1S/C9H8BrN3O2/c1-12-7-3-5(10)6(11-15)4-8(7)13(2)9(12)14/h3-4H,1-2H3/p+1. The predicted octanol–water partition coefficient (Wildman–Crippen LogP) is 0.118. The highest BCUT2D eigenvalue weighted by Crippen LogP contribution is 2.24. The number of rotatable bonds is 1. The van der Waals surface area contributed by atoms with Crippen molar-refractivity contribution in [1.82, 2.24) is 9.13 Å². The first kappa shape index (κ1) is 10.1. The topological polar surface area (TPSA) is 58.0 Å². The maximum atomic E-state index is 11.6. The Morgan fingerprint density at radius 2 is 1.73 bits per heavy atom. The van der Waals surface area contributed by atoms with Gasteiger partial charge in [0, 0.05) is 30.2 Å². The Morgan fingerprint density at radius 3 is 2.27 bits per heavy atom.